The molecule has 2 atom stereocenters. The first kappa shape index (κ1) is 16.9. The quantitative estimate of drug-likeness (QED) is 0.855. The van der Waals surface area contributed by atoms with Gasteiger partial charge in [-0.3, -0.25) is 4.99 Å². The number of aromatic nitrogens is 2. The number of aliphatic hydroxyl groups is 1. The van der Waals surface area contributed by atoms with E-state index in [4.69, 9.17) is 11.6 Å². The molecule has 0 saturated heterocycles. The van der Waals surface area contributed by atoms with E-state index in [2.05, 4.69) is 34.2 Å². The van der Waals surface area contributed by atoms with Crippen molar-refractivity contribution in [1.29, 1.82) is 0 Å². The summed E-state index contributed by atoms with van der Waals surface area (Å²) in [5, 5.41) is 12.2. The molecule has 1 fully saturated rings. The van der Waals surface area contributed by atoms with E-state index in [1.54, 1.807) is 18.0 Å². The average Bonchev–Trinajstić information content (AvgIpc) is 3.35. The lowest BCUT2D eigenvalue weighted by Crippen LogP contribution is -2.00. The normalized spacial score (nSPS) is 22.5. The third kappa shape index (κ3) is 3.54. The summed E-state index contributed by atoms with van der Waals surface area (Å²) in [6, 6.07) is 8.60. The van der Waals surface area contributed by atoms with E-state index in [0.717, 1.165) is 45.6 Å². The number of aliphatic imine (C=N–C) groups is 1. The molecule has 1 N–H and O–H groups in total. The highest BCUT2D eigenvalue weighted by Crippen LogP contribution is 2.47. The zero-order valence-electron chi connectivity index (χ0n) is 14.0. The van der Waals surface area contributed by atoms with Crippen LogP contribution in [0.25, 0.3) is 11.3 Å². The first-order valence-electron chi connectivity index (χ1n) is 8.47. The van der Waals surface area contributed by atoms with Crippen molar-refractivity contribution in [3.8, 4) is 11.3 Å². The Bertz CT molecular complexity index is 841. The molecule has 2 heterocycles. The lowest BCUT2D eigenvalue weighted by atomic mass is 10.1. The number of imidazole rings is 1. The van der Waals surface area contributed by atoms with Crippen LogP contribution in [0.2, 0.25) is 0 Å². The number of aryl methyl sites for hydroxylation is 1. The molecule has 0 radical (unpaired) electrons. The molecule has 1 saturated carbocycles. The smallest absolute Gasteiger partial charge is 0.108 e. The van der Waals surface area contributed by atoms with Gasteiger partial charge in [-0.1, -0.05) is 47.6 Å². The second-order valence-corrected chi connectivity index (χ2v) is 8.16. The van der Waals surface area contributed by atoms with Crippen LogP contribution in [0, 0.1) is 5.92 Å². The maximum atomic E-state index is 9.24. The van der Waals surface area contributed by atoms with Gasteiger partial charge in [0.15, 0.2) is 0 Å². The highest BCUT2D eigenvalue weighted by Gasteiger charge is 2.37. The van der Waals surface area contributed by atoms with E-state index in [1.807, 2.05) is 17.9 Å². The Hall–Kier alpha value is -1.56. The van der Waals surface area contributed by atoms with Crippen LogP contribution in [0.4, 0.5) is 0 Å². The molecule has 0 unspecified atom stereocenters. The van der Waals surface area contributed by atoms with Gasteiger partial charge in [-0.2, -0.15) is 0 Å². The number of rotatable bonds is 4. The Labute approximate surface area is 156 Å². The van der Waals surface area contributed by atoms with E-state index >= 15 is 0 Å². The topological polar surface area (TPSA) is 50.4 Å². The van der Waals surface area contributed by atoms with E-state index in [0.29, 0.717) is 11.8 Å². The molecule has 0 spiro atoms. The number of hydrogen-bond donors (Lipinski definition) is 1. The van der Waals surface area contributed by atoms with E-state index in [9.17, 15) is 5.11 Å². The van der Waals surface area contributed by atoms with E-state index in [1.165, 1.54) is 5.56 Å². The number of thioether (sulfide) groups is 1. The van der Waals surface area contributed by atoms with Crippen LogP contribution < -0.4 is 0 Å². The molecular weight excluding hydrogens is 354 g/mol. The number of hydrogen-bond acceptors (Lipinski definition) is 4. The molecule has 1 aromatic carbocycles. The van der Waals surface area contributed by atoms with Gasteiger partial charge in [-0.25, -0.2) is 4.98 Å². The Balaban J connectivity index is 1.57. The van der Waals surface area contributed by atoms with Gasteiger partial charge in [0.25, 0.3) is 0 Å². The summed E-state index contributed by atoms with van der Waals surface area (Å²) in [6.07, 6.45) is 6.40. The minimum absolute atomic E-state index is 0.286. The third-order valence-corrected chi connectivity index (χ3v) is 6.30. The van der Waals surface area contributed by atoms with Gasteiger partial charge in [-0.05, 0) is 30.2 Å². The predicted molar refractivity (Wildman–Crippen MR) is 103 cm³/mol. The second-order valence-electron chi connectivity index (χ2n) is 6.62. The van der Waals surface area contributed by atoms with Gasteiger partial charge < -0.3 is 9.67 Å². The summed E-state index contributed by atoms with van der Waals surface area (Å²) in [6.45, 7) is 0.286. The molecule has 4 nitrogen and oxygen atoms in total. The molecule has 4 rings (SSSR count). The highest BCUT2D eigenvalue weighted by atomic mass is 35.5. The first-order chi connectivity index (χ1) is 12.2. The van der Waals surface area contributed by atoms with Crippen molar-refractivity contribution >= 4 is 28.4 Å². The predicted octanol–water partition coefficient (Wildman–Crippen LogP) is 4.55. The molecule has 2 aromatic rings. The molecule has 1 aromatic heterocycles. The summed E-state index contributed by atoms with van der Waals surface area (Å²) in [4.78, 5) is 9.04. The standard InChI is InChI=1S/C19H20ClN3OS/c1-23-11-22-18(19(23)25-17-7-6-15(20)9-21-17)13-4-2-12(3-5-13)16-8-14(16)10-24/h2-5,9,11,14,16,24H,6-8,10H2,1H3/t14-,16-/m1/s1. The summed E-state index contributed by atoms with van der Waals surface area (Å²) >= 11 is 7.66. The summed E-state index contributed by atoms with van der Waals surface area (Å²) in [7, 11) is 2.01. The molecule has 25 heavy (non-hydrogen) atoms. The van der Waals surface area contributed by atoms with Crippen molar-refractivity contribution in [3.63, 3.8) is 0 Å². The van der Waals surface area contributed by atoms with Crippen LogP contribution in [-0.4, -0.2) is 26.3 Å². The van der Waals surface area contributed by atoms with Crippen molar-refractivity contribution in [2.45, 2.75) is 30.2 Å². The fraction of sp³-hybridized carbons (Fsp3) is 0.368. The molecular formula is C19H20ClN3OS. The zero-order valence-corrected chi connectivity index (χ0v) is 15.6. The third-order valence-electron chi connectivity index (χ3n) is 4.79. The van der Waals surface area contributed by atoms with Gasteiger partial charge in [0.2, 0.25) is 0 Å². The Morgan fingerprint density at radius 1 is 1.28 bits per heavy atom. The van der Waals surface area contributed by atoms with E-state index in [-0.39, 0.29) is 6.61 Å². The fourth-order valence-corrected chi connectivity index (χ4v) is 4.30. The van der Waals surface area contributed by atoms with Gasteiger partial charge in [-0.15, -0.1) is 0 Å². The minimum atomic E-state index is 0.286. The zero-order chi connectivity index (χ0) is 17.4. The second kappa shape index (κ2) is 6.98. The van der Waals surface area contributed by atoms with Gasteiger partial charge in [0, 0.05) is 36.9 Å². The maximum absolute atomic E-state index is 9.24. The molecule has 0 amide bonds. The first-order valence-corrected chi connectivity index (χ1v) is 9.66. The van der Waals surface area contributed by atoms with Crippen LogP contribution in [-0.2, 0) is 7.05 Å². The van der Waals surface area contributed by atoms with Gasteiger partial charge >= 0.3 is 0 Å². The van der Waals surface area contributed by atoms with Crippen molar-refractivity contribution in [2.75, 3.05) is 6.61 Å². The molecule has 1 aliphatic heterocycles. The molecule has 2 aliphatic rings. The highest BCUT2D eigenvalue weighted by molar-refractivity contribution is 8.14. The van der Waals surface area contributed by atoms with Crippen LogP contribution in [0.15, 0.2) is 51.8 Å². The average molecular weight is 374 g/mol. The number of halogens is 1. The maximum Gasteiger partial charge on any atom is 0.108 e. The van der Waals surface area contributed by atoms with Gasteiger partial charge in [0.1, 0.15) is 10.7 Å². The van der Waals surface area contributed by atoms with Crippen LogP contribution in [0.1, 0.15) is 30.7 Å². The Morgan fingerprint density at radius 3 is 2.72 bits per heavy atom. The van der Waals surface area contributed by atoms with Crippen molar-refractivity contribution in [2.24, 2.45) is 18.0 Å². The molecule has 1 aliphatic carbocycles. The Morgan fingerprint density at radius 2 is 2.08 bits per heavy atom. The van der Waals surface area contributed by atoms with Crippen molar-refractivity contribution in [1.82, 2.24) is 9.55 Å². The molecule has 6 heteroatoms. The number of nitrogens with zero attached hydrogens (tertiary/aromatic N) is 3. The number of aliphatic hydroxyl groups excluding tert-OH is 1. The van der Waals surface area contributed by atoms with Crippen LogP contribution in [0.5, 0.6) is 0 Å². The molecule has 0 bridgehead atoms. The van der Waals surface area contributed by atoms with Crippen molar-refractivity contribution < 1.29 is 5.11 Å². The lowest BCUT2D eigenvalue weighted by molar-refractivity contribution is 0.274. The SMILES string of the molecule is Cn1cnc(-c2ccc([C@H]3C[C@@H]3CO)cc2)c1SC1=NC=C(Cl)CC1. The fourth-order valence-electron chi connectivity index (χ4n) is 3.17. The van der Waals surface area contributed by atoms with Crippen LogP contribution >= 0.6 is 23.4 Å². The number of benzene rings is 1. The summed E-state index contributed by atoms with van der Waals surface area (Å²) < 4.78 is 2.04. The largest absolute Gasteiger partial charge is 0.396 e. The summed E-state index contributed by atoms with van der Waals surface area (Å²) in [5.41, 5.74) is 3.40. The van der Waals surface area contributed by atoms with Crippen molar-refractivity contribution in [3.05, 3.63) is 47.4 Å². The molecule has 130 valence electrons. The number of allylic oxidation sites excluding steroid dienone is 1. The van der Waals surface area contributed by atoms with E-state index < -0.39 is 0 Å². The minimum Gasteiger partial charge on any atom is -0.396 e. The Kier molecular flexibility index (Phi) is 4.71. The monoisotopic (exact) mass is 373 g/mol. The lowest BCUT2D eigenvalue weighted by Gasteiger charge is -2.11. The van der Waals surface area contributed by atoms with Gasteiger partial charge in [0.05, 0.1) is 11.4 Å². The van der Waals surface area contributed by atoms with Crippen LogP contribution in [0.3, 0.4) is 0 Å². The summed E-state index contributed by atoms with van der Waals surface area (Å²) in [5.74, 6) is 0.959.